The minimum atomic E-state index is -0.453. The van der Waals surface area contributed by atoms with Gasteiger partial charge in [-0.25, -0.2) is 9.36 Å². The van der Waals surface area contributed by atoms with Crippen LogP contribution >= 0.6 is 0 Å². The molecular weight excluding hydrogens is 258 g/mol. The third-order valence-corrected chi connectivity index (χ3v) is 3.64. The molecule has 1 aliphatic rings. The van der Waals surface area contributed by atoms with Gasteiger partial charge in [-0.1, -0.05) is 12.8 Å². The molecule has 2 aromatic heterocycles. The number of rotatable bonds is 3. The minimum absolute atomic E-state index is 0.0193. The highest BCUT2D eigenvalue weighted by Gasteiger charge is 2.20. The average Bonchev–Trinajstić information content (AvgIpc) is 3.07. The summed E-state index contributed by atoms with van der Waals surface area (Å²) in [6.07, 6.45) is 7.29. The number of aromatic nitrogens is 2. The predicted molar refractivity (Wildman–Crippen MR) is 74.0 cm³/mol. The van der Waals surface area contributed by atoms with Crippen molar-refractivity contribution in [1.82, 2.24) is 9.61 Å². The van der Waals surface area contributed by atoms with E-state index in [0.717, 1.165) is 12.8 Å². The van der Waals surface area contributed by atoms with Gasteiger partial charge in [-0.05, 0) is 12.8 Å². The first-order valence-electron chi connectivity index (χ1n) is 6.49. The van der Waals surface area contributed by atoms with Gasteiger partial charge in [-0.15, -0.1) is 0 Å². The van der Waals surface area contributed by atoms with E-state index in [1.165, 1.54) is 35.8 Å². The van der Waals surface area contributed by atoms with E-state index in [1.54, 1.807) is 0 Å². The summed E-state index contributed by atoms with van der Waals surface area (Å²) < 4.78 is 1.45. The van der Waals surface area contributed by atoms with Crippen LogP contribution in [-0.4, -0.2) is 20.6 Å². The van der Waals surface area contributed by atoms with E-state index in [1.807, 2.05) is 0 Å². The van der Waals surface area contributed by atoms with E-state index in [9.17, 15) is 10.1 Å². The first kappa shape index (κ1) is 12.4. The van der Waals surface area contributed by atoms with Crippen LogP contribution in [-0.2, 0) is 0 Å². The Kier molecular flexibility index (Phi) is 2.99. The highest BCUT2D eigenvalue weighted by Crippen LogP contribution is 2.34. The second-order valence-corrected chi connectivity index (χ2v) is 4.93. The molecule has 0 aromatic carbocycles. The first-order valence-corrected chi connectivity index (χ1v) is 6.49. The number of hydrogen-bond donors (Lipinski definition) is 1. The normalized spacial score (nSPS) is 15.3. The second kappa shape index (κ2) is 4.81. The Morgan fingerprint density at radius 3 is 2.90 bits per heavy atom. The number of nitrogens with zero attached hydrogens (tertiary/aromatic N) is 4. The number of nitrogens with one attached hydrogen (secondary N) is 1. The lowest BCUT2D eigenvalue weighted by Crippen LogP contribution is -2.15. The summed E-state index contributed by atoms with van der Waals surface area (Å²) in [6.45, 7) is 7.23. The van der Waals surface area contributed by atoms with Crippen LogP contribution in [0.2, 0.25) is 0 Å². The molecule has 3 rings (SSSR count). The van der Waals surface area contributed by atoms with Crippen molar-refractivity contribution in [2.24, 2.45) is 0 Å². The van der Waals surface area contributed by atoms with Crippen molar-refractivity contribution in [3.05, 3.63) is 40.0 Å². The Morgan fingerprint density at radius 1 is 1.50 bits per heavy atom. The number of fused-ring (bicyclic) bond motifs is 1. The van der Waals surface area contributed by atoms with E-state index < -0.39 is 4.92 Å². The fraction of sp³-hybridized carbons (Fsp3) is 0.385. The first-order chi connectivity index (χ1) is 9.69. The molecule has 0 amide bonds. The Labute approximate surface area is 115 Å². The van der Waals surface area contributed by atoms with Crippen LogP contribution in [0.3, 0.4) is 0 Å². The Bertz CT molecular complexity index is 709. The third-order valence-electron chi connectivity index (χ3n) is 3.64. The van der Waals surface area contributed by atoms with Crippen LogP contribution in [0, 0.1) is 16.7 Å². The molecule has 2 aromatic rings. The van der Waals surface area contributed by atoms with Gasteiger partial charge in [0.1, 0.15) is 6.20 Å². The van der Waals surface area contributed by atoms with Crippen LogP contribution < -0.4 is 5.32 Å². The molecular formula is C13H13N5O2. The largest absolute Gasteiger partial charge is 0.389 e. The van der Waals surface area contributed by atoms with Crippen LogP contribution in [0.1, 0.15) is 25.7 Å². The SMILES string of the molecule is [C-]#[N+]c1cnn2cc([N+](=O)[O-])cc2c1NC1CCCC1. The molecule has 1 aliphatic carbocycles. The summed E-state index contributed by atoms with van der Waals surface area (Å²) in [4.78, 5) is 13.9. The van der Waals surface area contributed by atoms with Crippen molar-refractivity contribution in [1.29, 1.82) is 0 Å². The molecule has 20 heavy (non-hydrogen) atoms. The van der Waals surface area contributed by atoms with Gasteiger partial charge in [0.25, 0.3) is 5.69 Å². The fourth-order valence-electron chi connectivity index (χ4n) is 2.64. The topological polar surface area (TPSA) is 76.8 Å². The van der Waals surface area contributed by atoms with E-state index in [-0.39, 0.29) is 5.69 Å². The third kappa shape index (κ3) is 2.05. The molecule has 102 valence electrons. The van der Waals surface area contributed by atoms with Gasteiger partial charge in [0, 0.05) is 12.1 Å². The maximum absolute atomic E-state index is 10.9. The minimum Gasteiger partial charge on any atom is -0.389 e. The molecule has 0 bridgehead atoms. The van der Waals surface area contributed by atoms with Gasteiger partial charge in [0.2, 0.25) is 5.69 Å². The van der Waals surface area contributed by atoms with Crippen molar-refractivity contribution in [2.45, 2.75) is 31.7 Å². The molecule has 1 saturated carbocycles. The van der Waals surface area contributed by atoms with Gasteiger partial charge >= 0.3 is 0 Å². The van der Waals surface area contributed by atoms with E-state index in [2.05, 4.69) is 15.3 Å². The Hall–Kier alpha value is -2.62. The summed E-state index contributed by atoms with van der Waals surface area (Å²) in [5, 5.41) is 18.3. The smallest absolute Gasteiger partial charge is 0.289 e. The lowest BCUT2D eigenvalue weighted by atomic mass is 10.2. The molecule has 7 heteroatoms. The van der Waals surface area contributed by atoms with Gasteiger partial charge < -0.3 is 5.32 Å². The Balaban J connectivity index is 2.10. The van der Waals surface area contributed by atoms with E-state index in [4.69, 9.17) is 6.57 Å². The number of hydrogen-bond acceptors (Lipinski definition) is 4. The molecule has 0 saturated heterocycles. The maximum atomic E-state index is 10.9. The van der Waals surface area contributed by atoms with Crippen molar-refractivity contribution >= 4 is 22.6 Å². The standard InChI is InChI=1S/C13H13N5O2/c1-14-11-7-15-17-8-10(18(19)20)6-12(17)13(11)16-9-4-2-3-5-9/h6-9,16H,2-5H2. The summed E-state index contributed by atoms with van der Waals surface area (Å²) in [6, 6.07) is 1.79. The molecule has 0 unspecified atom stereocenters. The quantitative estimate of drug-likeness (QED) is 0.528. The zero-order valence-corrected chi connectivity index (χ0v) is 10.7. The van der Waals surface area contributed by atoms with E-state index in [0.29, 0.717) is 22.9 Å². The Morgan fingerprint density at radius 2 is 2.25 bits per heavy atom. The van der Waals surface area contributed by atoms with Gasteiger partial charge in [0.15, 0.2) is 0 Å². The molecule has 0 radical (unpaired) electrons. The van der Waals surface area contributed by atoms with Gasteiger partial charge in [-0.2, -0.15) is 5.10 Å². The second-order valence-electron chi connectivity index (χ2n) is 4.93. The lowest BCUT2D eigenvalue weighted by Gasteiger charge is -2.15. The molecule has 1 N–H and O–H groups in total. The molecule has 2 heterocycles. The summed E-state index contributed by atoms with van der Waals surface area (Å²) in [5.74, 6) is 0. The maximum Gasteiger partial charge on any atom is 0.289 e. The van der Waals surface area contributed by atoms with Crippen LogP contribution in [0.5, 0.6) is 0 Å². The molecule has 7 nitrogen and oxygen atoms in total. The molecule has 1 fully saturated rings. The lowest BCUT2D eigenvalue weighted by molar-refractivity contribution is -0.384. The van der Waals surface area contributed by atoms with Crippen molar-refractivity contribution < 1.29 is 4.92 Å². The highest BCUT2D eigenvalue weighted by atomic mass is 16.6. The van der Waals surface area contributed by atoms with Crippen LogP contribution in [0.15, 0.2) is 18.5 Å². The average molecular weight is 271 g/mol. The molecule has 0 aliphatic heterocycles. The number of anilines is 1. The van der Waals surface area contributed by atoms with E-state index >= 15 is 0 Å². The van der Waals surface area contributed by atoms with Crippen molar-refractivity contribution in [2.75, 3.05) is 5.32 Å². The monoisotopic (exact) mass is 271 g/mol. The fourth-order valence-corrected chi connectivity index (χ4v) is 2.64. The van der Waals surface area contributed by atoms with Crippen molar-refractivity contribution in [3.63, 3.8) is 0 Å². The summed E-state index contributed by atoms with van der Waals surface area (Å²) in [7, 11) is 0. The van der Waals surface area contributed by atoms with Gasteiger partial charge in [-0.3, -0.25) is 10.1 Å². The zero-order valence-electron chi connectivity index (χ0n) is 10.7. The zero-order chi connectivity index (χ0) is 14.1. The molecule has 0 spiro atoms. The van der Waals surface area contributed by atoms with Crippen molar-refractivity contribution in [3.8, 4) is 0 Å². The number of nitro groups is 1. The predicted octanol–water partition coefficient (Wildman–Crippen LogP) is 3.15. The van der Waals surface area contributed by atoms with Crippen LogP contribution in [0.25, 0.3) is 10.4 Å². The summed E-state index contributed by atoms with van der Waals surface area (Å²) in [5.41, 5.74) is 1.61. The molecule has 0 atom stereocenters. The summed E-state index contributed by atoms with van der Waals surface area (Å²) >= 11 is 0. The highest BCUT2D eigenvalue weighted by molar-refractivity contribution is 5.86. The van der Waals surface area contributed by atoms with Gasteiger partial charge in [0.05, 0.1) is 28.9 Å². The van der Waals surface area contributed by atoms with Crippen LogP contribution in [0.4, 0.5) is 17.1 Å².